The van der Waals surface area contributed by atoms with Crippen LogP contribution >= 0.6 is 0 Å². The van der Waals surface area contributed by atoms with Gasteiger partial charge in [-0.1, -0.05) is 20.8 Å². The third-order valence-corrected chi connectivity index (χ3v) is 3.93. The van der Waals surface area contributed by atoms with E-state index in [1.54, 1.807) is 4.90 Å². The number of nitrogens with zero attached hydrogens (tertiary/aromatic N) is 2. The number of likely N-dealkylation sites (tertiary alicyclic amines) is 1. The predicted octanol–water partition coefficient (Wildman–Crippen LogP) is 1.68. The second-order valence-electron chi connectivity index (χ2n) is 6.23. The maximum absolute atomic E-state index is 12.6. The van der Waals surface area contributed by atoms with E-state index in [4.69, 9.17) is 5.11 Å². The summed E-state index contributed by atoms with van der Waals surface area (Å²) in [5, 5.41) is 8.97. The number of rotatable bonds is 6. The van der Waals surface area contributed by atoms with Crippen LogP contribution in [0.15, 0.2) is 0 Å². The molecule has 1 fully saturated rings. The molecule has 1 heterocycles. The SMILES string of the molecule is CCCN(CC(=O)O)C(C)C(=O)N1CC(C)CC(C)C1. The summed E-state index contributed by atoms with van der Waals surface area (Å²) in [6.07, 6.45) is 2.00. The van der Waals surface area contributed by atoms with Crippen molar-refractivity contribution < 1.29 is 14.7 Å². The van der Waals surface area contributed by atoms with E-state index in [1.807, 2.05) is 18.7 Å². The first kappa shape index (κ1) is 17.0. The summed E-state index contributed by atoms with van der Waals surface area (Å²) in [4.78, 5) is 27.2. The van der Waals surface area contributed by atoms with Gasteiger partial charge in [0.15, 0.2) is 0 Å². The Hall–Kier alpha value is -1.10. The zero-order valence-corrected chi connectivity index (χ0v) is 13.1. The molecular formula is C15H28N2O3. The fourth-order valence-corrected chi connectivity index (χ4v) is 3.13. The van der Waals surface area contributed by atoms with Crippen LogP contribution in [0.5, 0.6) is 0 Å². The molecule has 1 aliphatic rings. The van der Waals surface area contributed by atoms with Crippen LogP contribution in [-0.2, 0) is 9.59 Å². The van der Waals surface area contributed by atoms with Crippen LogP contribution in [0.1, 0.15) is 40.5 Å². The topological polar surface area (TPSA) is 60.9 Å². The van der Waals surface area contributed by atoms with E-state index in [0.29, 0.717) is 18.4 Å². The largest absolute Gasteiger partial charge is 0.480 e. The minimum Gasteiger partial charge on any atom is -0.480 e. The van der Waals surface area contributed by atoms with Gasteiger partial charge in [-0.15, -0.1) is 0 Å². The first-order valence-electron chi connectivity index (χ1n) is 7.59. The van der Waals surface area contributed by atoms with Crippen LogP contribution < -0.4 is 0 Å². The lowest BCUT2D eigenvalue weighted by Gasteiger charge is -2.38. The zero-order valence-electron chi connectivity index (χ0n) is 13.1. The molecule has 1 amide bonds. The lowest BCUT2D eigenvalue weighted by Crippen LogP contribution is -2.52. The Balaban J connectivity index is 2.69. The molecule has 20 heavy (non-hydrogen) atoms. The molecule has 0 aromatic carbocycles. The van der Waals surface area contributed by atoms with Crippen LogP contribution in [-0.4, -0.2) is 59.0 Å². The van der Waals surface area contributed by atoms with E-state index in [2.05, 4.69) is 13.8 Å². The molecule has 0 aliphatic carbocycles. The third kappa shape index (κ3) is 4.78. The molecule has 5 heteroatoms. The molecule has 5 nitrogen and oxygen atoms in total. The first-order valence-corrected chi connectivity index (χ1v) is 7.59. The molecule has 3 atom stereocenters. The van der Waals surface area contributed by atoms with Crippen LogP contribution in [0.4, 0.5) is 0 Å². The van der Waals surface area contributed by atoms with Crippen molar-refractivity contribution in [1.82, 2.24) is 9.80 Å². The molecule has 0 aromatic rings. The number of carbonyl (C=O) groups is 2. The molecule has 0 spiro atoms. The molecule has 0 bridgehead atoms. The van der Waals surface area contributed by atoms with Gasteiger partial charge in [-0.2, -0.15) is 0 Å². The Morgan fingerprint density at radius 1 is 1.30 bits per heavy atom. The molecule has 1 rings (SSSR count). The molecule has 116 valence electrons. The third-order valence-electron chi connectivity index (χ3n) is 3.93. The molecule has 1 aliphatic heterocycles. The van der Waals surface area contributed by atoms with Gasteiger partial charge in [-0.05, 0) is 38.1 Å². The lowest BCUT2D eigenvalue weighted by molar-refractivity contribution is -0.143. The van der Waals surface area contributed by atoms with Crippen molar-refractivity contribution in [2.75, 3.05) is 26.2 Å². The fraction of sp³-hybridized carbons (Fsp3) is 0.867. The van der Waals surface area contributed by atoms with Gasteiger partial charge in [0, 0.05) is 13.1 Å². The van der Waals surface area contributed by atoms with Crippen LogP contribution in [0.3, 0.4) is 0 Å². The quantitative estimate of drug-likeness (QED) is 0.806. The van der Waals surface area contributed by atoms with E-state index >= 15 is 0 Å². The Labute approximate surface area is 121 Å². The number of piperidine rings is 1. The van der Waals surface area contributed by atoms with Crippen molar-refractivity contribution in [3.8, 4) is 0 Å². The number of amides is 1. The minimum atomic E-state index is -0.876. The van der Waals surface area contributed by atoms with E-state index in [9.17, 15) is 9.59 Å². The van der Waals surface area contributed by atoms with E-state index in [1.165, 1.54) is 0 Å². The highest BCUT2D eigenvalue weighted by Gasteiger charge is 2.31. The second kappa shape index (κ2) is 7.62. The van der Waals surface area contributed by atoms with Crippen molar-refractivity contribution in [2.45, 2.75) is 46.6 Å². The Bertz CT molecular complexity index is 336. The summed E-state index contributed by atoms with van der Waals surface area (Å²) in [5.41, 5.74) is 0. The van der Waals surface area contributed by atoms with E-state index < -0.39 is 5.97 Å². The maximum atomic E-state index is 12.6. The Morgan fingerprint density at radius 3 is 2.30 bits per heavy atom. The fourth-order valence-electron chi connectivity index (χ4n) is 3.13. The van der Waals surface area contributed by atoms with Crippen LogP contribution in [0, 0.1) is 11.8 Å². The number of carboxylic acid groups (broad SMARTS) is 1. The highest BCUT2D eigenvalue weighted by molar-refractivity contribution is 5.82. The van der Waals surface area contributed by atoms with Gasteiger partial charge in [-0.3, -0.25) is 14.5 Å². The van der Waals surface area contributed by atoms with Gasteiger partial charge >= 0.3 is 5.97 Å². The number of hydrogen-bond donors (Lipinski definition) is 1. The summed E-state index contributed by atoms with van der Waals surface area (Å²) in [5.74, 6) is 0.236. The van der Waals surface area contributed by atoms with Gasteiger partial charge in [0.25, 0.3) is 0 Å². The predicted molar refractivity (Wildman–Crippen MR) is 78.5 cm³/mol. The van der Waals surface area contributed by atoms with Crippen molar-refractivity contribution >= 4 is 11.9 Å². The van der Waals surface area contributed by atoms with Crippen LogP contribution in [0.2, 0.25) is 0 Å². The Morgan fingerprint density at radius 2 is 1.85 bits per heavy atom. The summed E-state index contributed by atoms with van der Waals surface area (Å²) < 4.78 is 0. The molecule has 0 radical (unpaired) electrons. The Kier molecular flexibility index (Phi) is 6.46. The number of aliphatic carboxylic acids is 1. The summed E-state index contributed by atoms with van der Waals surface area (Å²) in [6, 6.07) is -0.358. The van der Waals surface area contributed by atoms with E-state index in [0.717, 1.165) is 25.9 Å². The number of carbonyl (C=O) groups excluding carboxylic acids is 1. The van der Waals surface area contributed by atoms with Crippen molar-refractivity contribution in [3.63, 3.8) is 0 Å². The first-order chi connectivity index (χ1) is 9.35. The lowest BCUT2D eigenvalue weighted by atomic mass is 9.91. The molecule has 3 unspecified atom stereocenters. The van der Waals surface area contributed by atoms with Gasteiger partial charge in [0.1, 0.15) is 0 Å². The molecular weight excluding hydrogens is 256 g/mol. The monoisotopic (exact) mass is 284 g/mol. The van der Waals surface area contributed by atoms with Crippen LogP contribution in [0.25, 0.3) is 0 Å². The second-order valence-corrected chi connectivity index (χ2v) is 6.23. The van der Waals surface area contributed by atoms with Gasteiger partial charge in [0.05, 0.1) is 12.6 Å². The zero-order chi connectivity index (χ0) is 15.3. The average Bonchev–Trinajstić information content (AvgIpc) is 2.34. The van der Waals surface area contributed by atoms with Gasteiger partial charge in [-0.25, -0.2) is 0 Å². The highest BCUT2D eigenvalue weighted by Crippen LogP contribution is 2.22. The van der Waals surface area contributed by atoms with Crippen molar-refractivity contribution in [2.24, 2.45) is 11.8 Å². The maximum Gasteiger partial charge on any atom is 0.317 e. The number of carboxylic acids is 1. The molecule has 1 saturated heterocycles. The molecule has 1 N–H and O–H groups in total. The number of hydrogen-bond acceptors (Lipinski definition) is 3. The smallest absolute Gasteiger partial charge is 0.317 e. The van der Waals surface area contributed by atoms with Crippen molar-refractivity contribution in [1.29, 1.82) is 0 Å². The summed E-state index contributed by atoms with van der Waals surface area (Å²) in [6.45, 7) is 10.3. The summed E-state index contributed by atoms with van der Waals surface area (Å²) >= 11 is 0. The van der Waals surface area contributed by atoms with Crippen molar-refractivity contribution in [3.05, 3.63) is 0 Å². The highest BCUT2D eigenvalue weighted by atomic mass is 16.4. The normalized spacial score (nSPS) is 24.8. The summed E-state index contributed by atoms with van der Waals surface area (Å²) in [7, 11) is 0. The van der Waals surface area contributed by atoms with Gasteiger partial charge in [0.2, 0.25) is 5.91 Å². The van der Waals surface area contributed by atoms with E-state index in [-0.39, 0.29) is 18.5 Å². The average molecular weight is 284 g/mol. The van der Waals surface area contributed by atoms with Gasteiger partial charge < -0.3 is 10.0 Å². The minimum absolute atomic E-state index is 0.0677. The molecule has 0 aromatic heterocycles. The molecule has 0 saturated carbocycles. The standard InChI is InChI=1S/C15H28N2O3/c1-5-6-16(10-14(18)19)13(4)15(20)17-8-11(2)7-12(3)9-17/h11-13H,5-10H2,1-4H3,(H,18,19).